The predicted octanol–water partition coefficient (Wildman–Crippen LogP) is 5.48. The van der Waals surface area contributed by atoms with E-state index in [9.17, 15) is 13.9 Å². The minimum atomic E-state index is -0.932. The van der Waals surface area contributed by atoms with Crippen molar-refractivity contribution in [3.05, 3.63) is 83.7 Å². The molecule has 0 aliphatic rings. The smallest absolute Gasteiger partial charge is 0.137 e. The quantitative estimate of drug-likeness (QED) is 0.512. The largest absolute Gasteiger partial charge is 0.386 e. The van der Waals surface area contributed by atoms with E-state index in [1.807, 2.05) is 53.9 Å². The summed E-state index contributed by atoms with van der Waals surface area (Å²) in [6.45, 7) is 5.35. The molecule has 4 aromatic rings. The van der Waals surface area contributed by atoms with Crippen LogP contribution >= 0.6 is 0 Å². The molecule has 0 saturated heterocycles. The molecule has 28 heavy (non-hydrogen) atoms. The molecule has 2 aromatic carbocycles. The molecule has 0 amide bonds. The molecule has 0 aliphatic carbocycles. The number of halogens is 2. The molecule has 2 heterocycles. The first-order valence-corrected chi connectivity index (χ1v) is 9.01. The average Bonchev–Trinajstić information content (AvgIpc) is 2.97. The minimum absolute atomic E-state index is 0.271. The molecule has 2 aromatic heterocycles. The van der Waals surface area contributed by atoms with Gasteiger partial charge in [-0.3, -0.25) is 0 Å². The van der Waals surface area contributed by atoms with Gasteiger partial charge in [0, 0.05) is 23.5 Å². The van der Waals surface area contributed by atoms with Gasteiger partial charge in [-0.1, -0.05) is 18.2 Å². The highest BCUT2D eigenvalue weighted by atomic mass is 19.1. The second-order valence-electron chi connectivity index (χ2n) is 7.46. The van der Waals surface area contributed by atoms with Crippen LogP contribution in [-0.4, -0.2) is 14.5 Å². The van der Waals surface area contributed by atoms with Crippen molar-refractivity contribution in [2.24, 2.45) is 0 Å². The fraction of sp³-hybridized carbons (Fsp3) is 0.174. The maximum Gasteiger partial charge on any atom is 0.137 e. The van der Waals surface area contributed by atoms with E-state index in [-0.39, 0.29) is 5.56 Å². The van der Waals surface area contributed by atoms with E-state index in [4.69, 9.17) is 0 Å². The standard InChI is InChI=1S/C23H20F2N2O/c1-14-22(19-9-8-18(24)12-20(19)25)26-21-10-7-16(13-27(14)21)15-5-4-6-17(11-15)23(2,3)28/h4-13,28H,1-3H3. The summed E-state index contributed by atoms with van der Waals surface area (Å²) in [4.78, 5) is 4.53. The first-order chi connectivity index (χ1) is 13.2. The third-order valence-electron chi connectivity index (χ3n) is 4.95. The van der Waals surface area contributed by atoms with Gasteiger partial charge in [0.1, 0.15) is 17.3 Å². The van der Waals surface area contributed by atoms with E-state index in [0.29, 0.717) is 11.3 Å². The molecule has 0 atom stereocenters. The number of hydrogen-bond donors (Lipinski definition) is 1. The Kier molecular flexibility index (Phi) is 4.27. The third kappa shape index (κ3) is 3.18. The summed E-state index contributed by atoms with van der Waals surface area (Å²) < 4.78 is 29.4. The lowest BCUT2D eigenvalue weighted by atomic mass is 9.95. The highest BCUT2D eigenvalue weighted by Gasteiger charge is 2.18. The van der Waals surface area contributed by atoms with Gasteiger partial charge in [0.25, 0.3) is 0 Å². The molecule has 0 bridgehead atoms. The van der Waals surface area contributed by atoms with Crippen molar-refractivity contribution in [3.63, 3.8) is 0 Å². The highest BCUT2D eigenvalue weighted by Crippen LogP contribution is 2.30. The molecule has 142 valence electrons. The Balaban J connectivity index is 1.84. The third-order valence-corrected chi connectivity index (χ3v) is 4.95. The lowest BCUT2D eigenvalue weighted by Gasteiger charge is -2.18. The van der Waals surface area contributed by atoms with E-state index in [2.05, 4.69) is 4.98 Å². The molecule has 0 radical (unpaired) electrons. The molecular formula is C23H20F2N2O. The maximum atomic E-state index is 14.2. The highest BCUT2D eigenvalue weighted by molar-refractivity contribution is 5.70. The molecule has 0 aliphatic heterocycles. The normalized spacial score (nSPS) is 11.9. The molecule has 4 rings (SSSR count). The Morgan fingerprint density at radius 1 is 0.964 bits per heavy atom. The average molecular weight is 378 g/mol. The summed E-state index contributed by atoms with van der Waals surface area (Å²) in [5.74, 6) is -1.25. The predicted molar refractivity (Wildman–Crippen MR) is 106 cm³/mol. The van der Waals surface area contributed by atoms with Gasteiger partial charge in [0.15, 0.2) is 0 Å². The number of rotatable bonds is 3. The van der Waals surface area contributed by atoms with Gasteiger partial charge >= 0.3 is 0 Å². The van der Waals surface area contributed by atoms with Crippen LogP contribution in [0.15, 0.2) is 60.8 Å². The van der Waals surface area contributed by atoms with Gasteiger partial charge in [0.2, 0.25) is 0 Å². The van der Waals surface area contributed by atoms with E-state index in [1.165, 1.54) is 12.1 Å². The summed E-state index contributed by atoms with van der Waals surface area (Å²) in [6, 6.07) is 15.0. The van der Waals surface area contributed by atoms with E-state index >= 15 is 0 Å². The Hall–Kier alpha value is -3.05. The summed E-state index contributed by atoms with van der Waals surface area (Å²) in [5, 5.41) is 10.3. The number of hydrogen-bond acceptors (Lipinski definition) is 2. The maximum absolute atomic E-state index is 14.2. The molecule has 0 fully saturated rings. The van der Waals surface area contributed by atoms with Crippen molar-refractivity contribution in [1.82, 2.24) is 9.38 Å². The van der Waals surface area contributed by atoms with Crippen LogP contribution in [0.25, 0.3) is 28.0 Å². The fourth-order valence-corrected chi connectivity index (χ4v) is 3.35. The lowest BCUT2D eigenvalue weighted by Crippen LogP contribution is -2.15. The number of aromatic nitrogens is 2. The van der Waals surface area contributed by atoms with Crippen LogP contribution in [0.2, 0.25) is 0 Å². The second-order valence-corrected chi connectivity index (χ2v) is 7.46. The van der Waals surface area contributed by atoms with Gasteiger partial charge < -0.3 is 9.51 Å². The second kappa shape index (κ2) is 6.53. The summed E-state index contributed by atoms with van der Waals surface area (Å²) in [6.07, 6.45) is 1.94. The van der Waals surface area contributed by atoms with Gasteiger partial charge in [-0.05, 0) is 67.8 Å². The number of benzene rings is 2. The zero-order valence-electron chi connectivity index (χ0n) is 15.9. The van der Waals surface area contributed by atoms with Crippen LogP contribution in [0, 0.1) is 18.6 Å². The summed E-state index contributed by atoms with van der Waals surface area (Å²) in [7, 11) is 0. The Bertz CT molecular complexity index is 1190. The van der Waals surface area contributed by atoms with E-state index < -0.39 is 17.2 Å². The zero-order valence-corrected chi connectivity index (χ0v) is 15.9. The topological polar surface area (TPSA) is 37.5 Å². The first-order valence-electron chi connectivity index (χ1n) is 9.01. The minimum Gasteiger partial charge on any atom is -0.386 e. The first kappa shape index (κ1) is 18.3. The van der Waals surface area contributed by atoms with Crippen LogP contribution < -0.4 is 0 Å². The monoisotopic (exact) mass is 378 g/mol. The van der Waals surface area contributed by atoms with Crippen molar-refractivity contribution in [2.75, 3.05) is 0 Å². The number of aliphatic hydroxyl groups is 1. The number of aryl methyl sites for hydroxylation is 1. The number of nitrogens with zero attached hydrogens (tertiary/aromatic N) is 2. The molecule has 0 saturated carbocycles. The van der Waals surface area contributed by atoms with Crippen LogP contribution in [0.5, 0.6) is 0 Å². The van der Waals surface area contributed by atoms with Crippen molar-refractivity contribution in [1.29, 1.82) is 0 Å². The Morgan fingerprint density at radius 3 is 2.46 bits per heavy atom. The van der Waals surface area contributed by atoms with Gasteiger partial charge in [-0.15, -0.1) is 0 Å². The number of pyridine rings is 1. The lowest BCUT2D eigenvalue weighted by molar-refractivity contribution is 0.0786. The van der Waals surface area contributed by atoms with Gasteiger partial charge in [-0.2, -0.15) is 0 Å². The Morgan fingerprint density at radius 2 is 1.75 bits per heavy atom. The van der Waals surface area contributed by atoms with Crippen molar-refractivity contribution in [2.45, 2.75) is 26.4 Å². The molecule has 0 unspecified atom stereocenters. The van der Waals surface area contributed by atoms with Gasteiger partial charge in [-0.25, -0.2) is 13.8 Å². The Labute approximate surface area is 161 Å². The zero-order chi connectivity index (χ0) is 20.1. The van der Waals surface area contributed by atoms with Crippen molar-refractivity contribution >= 4 is 5.65 Å². The van der Waals surface area contributed by atoms with E-state index in [1.54, 1.807) is 13.8 Å². The van der Waals surface area contributed by atoms with Crippen LogP contribution in [-0.2, 0) is 5.60 Å². The van der Waals surface area contributed by atoms with E-state index in [0.717, 1.165) is 28.5 Å². The fourth-order valence-electron chi connectivity index (χ4n) is 3.35. The summed E-state index contributed by atoms with van der Waals surface area (Å²) in [5.41, 5.74) is 4.00. The molecule has 3 nitrogen and oxygen atoms in total. The van der Waals surface area contributed by atoms with Gasteiger partial charge in [0.05, 0.1) is 11.3 Å². The van der Waals surface area contributed by atoms with Crippen LogP contribution in [0.3, 0.4) is 0 Å². The van der Waals surface area contributed by atoms with Crippen molar-refractivity contribution in [3.8, 4) is 22.4 Å². The summed E-state index contributed by atoms with van der Waals surface area (Å²) >= 11 is 0. The van der Waals surface area contributed by atoms with Crippen LogP contribution in [0.1, 0.15) is 25.1 Å². The number of imidazole rings is 1. The number of fused-ring (bicyclic) bond motifs is 1. The van der Waals surface area contributed by atoms with Crippen molar-refractivity contribution < 1.29 is 13.9 Å². The molecule has 1 N–H and O–H groups in total. The molecular weight excluding hydrogens is 358 g/mol. The molecule has 5 heteroatoms. The molecule has 0 spiro atoms. The van der Waals surface area contributed by atoms with Crippen LogP contribution in [0.4, 0.5) is 8.78 Å². The SMILES string of the molecule is Cc1c(-c2ccc(F)cc2F)nc2ccc(-c3cccc(C(C)(C)O)c3)cn12.